The number of morpholine rings is 1. The molecule has 3 atom stereocenters. The number of ether oxygens (including phenoxy) is 2. The Morgan fingerprint density at radius 1 is 1.17 bits per heavy atom. The number of carbonyl (C=O) groups excluding carboxylic acids is 1. The molecule has 2 bridgehead atoms. The quantitative estimate of drug-likeness (QED) is 0.501. The van der Waals surface area contributed by atoms with E-state index in [0.29, 0.717) is 22.9 Å². The number of thiazole rings is 1. The number of nitrogens with zero attached hydrogens (tertiary/aromatic N) is 3. The second kappa shape index (κ2) is 9.60. The zero-order valence-electron chi connectivity index (χ0n) is 20.6. The van der Waals surface area contributed by atoms with Crippen molar-refractivity contribution in [1.82, 2.24) is 14.3 Å². The van der Waals surface area contributed by atoms with Crippen molar-refractivity contribution in [2.24, 2.45) is 0 Å². The third-order valence-corrected chi connectivity index (χ3v) is 8.24. The Hall–Kier alpha value is -2.76. The lowest BCUT2D eigenvalue weighted by molar-refractivity contribution is -0.118. The van der Waals surface area contributed by atoms with Gasteiger partial charge in [0.1, 0.15) is 5.60 Å². The first kappa shape index (κ1) is 24.9. The summed E-state index contributed by atoms with van der Waals surface area (Å²) in [6, 6.07) is 8.42. The lowest BCUT2D eigenvalue weighted by atomic mass is 9.88. The molecule has 2 aromatic heterocycles. The topological polar surface area (TPSA) is 99.4 Å². The van der Waals surface area contributed by atoms with Crippen molar-refractivity contribution in [2.45, 2.75) is 69.2 Å². The number of fused-ring (bicyclic) bond motifs is 3. The Labute approximate surface area is 215 Å². The van der Waals surface area contributed by atoms with Crippen molar-refractivity contribution in [2.75, 3.05) is 13.1 Å². The van der Waals surface area contributed by atoms with Gasteiger partial charge >= 0.3 is 6.09 Å². The van der Waals surface area contributed by atoms with Gasteiger partial charge in [-0.15, -0.1) is 11.3 Å². The normalized spacial score (nSPS) is 22.9. The first-order valence-corrected chi connectivity index (χ1v) is 13.8. The highest BCUT2D eigenvalue weighted by Gasteiger charge is 2.40. The van der Waals surface area contributed by atoms with Gasteiger partial charge in [0.05, 0.1) is 36.3 Å². The SMILES string of the molecule is Cc1ccc(S(=O)Oc2cc(=O)n3cc(C4C[C@H]5CN(C(=O)OC(C)(C)C)C[C@H](C4)O5)sc3n2)cc1. The van der Waals surface area contributed by atoms with Crippen LogP contribution in [0.1, 0.15) is 50.0 Å². The fourth-order valence-electron chi connectivity index (χ4n) is 4.53. The summed E-state index contributed by atoms with van der Waals surface area (Å²) in [5.41, 5.74) is 0.218. The Balaban J connectivity index is 1.30. The number of aryl methyl sites for hydroxylation is 1. The maximum Gasteiger partial charge on any atom is 0.410 e. The minimum atomic E-state index is -1.77. The number of carbonyl (C=O) groups is 1. The van der Waals surface area contributed by atoms with Crippen LogP contribution in [0.2, 0.25) is 0 Å². The maximum atomic E-state index is 12.8. The Kier molecular flexibility index (Phi) is 6.65. The highest BCUT2D eigenvalue weighted by molar-refractivity contribution is 7.80. The molecule has 192 valence electrons. The van der Waals surface area contributed by atoms with Crippen molar-refractivity contribution in [3.05, 3.63) is 57.3 Å². The summed E-state index contributed by atoms with van der Waals surface area (Å²) in [7, 11) is 0. The van der Waals surface area contributed by atoms with Gasteiger partial charge in [-0.3, -0.25) is 9.20 Å². The number of likely N-dealkylation sites (tertiary alicyclic amines) is 1. The summed E-state index contributed by atoms with van der Waals surface area (Å²) in [6.07, 6.45) is 2.79. The Morgan fingerprint density at radius 2 is 1.83 bits per heavy atom. The standard InChI is InChI=1S/C25H29N3O6S2/c1-15-5-7-19(8-6-15)36(31)34-21-11-22(29)28-14-20(35-23(28)26-21)16-9-17-12-27(13-18(10-16)32-17)24(30)33-25(2,3)4/h5-8,11,14,16-18H,9-10,12-13H2,1-4H3/t17-,18-,36?/m0/s1. The zero-order chi connectivity index (χ0) is 25.6. The summed E-state index contributed by atoms with van der Waals surface area (Å²) >= 11 is -0.351. The first-order chi connectivity index (χ1) is 17.0. The predicted octanol–water partition coefficient (Wildman–Crippen LogP) is 4.05. The van der Waals surface area contributed by atoms with Gasteiger partial charge in [0, 0.05) is 11.1 Å². The van der Waals surface area contributed by atoms with Crippen LogP contribution in [0.5, 0.6) is 5.88 Å². The van der Waals surface area contributed by atoms with Gasteiger partial charge < -0.3 is 18.6 Å². The van der Waals surface area contributed by atoms with E-state index in [-0.39, 0.29) is 35.7 Å². The van der Waals surface area contributed by atoms with E-state index in [1.807, 2.05) is 46.0 Å². The van der Waals surface area contributed by atoms with Crippen molar-refractivity contribution in [1.29, 1.82) is 0 Å². The van der Waals surface area contributed by atoms with Crippen LogP contribution in [-0.4, -0.2) is 55.5 Å². The van der Waals surface area contributed by atoms with Gasteiger partial charge in [0.15, 0.2) is 4.96 Å². The summed E-state index contributed by atoms with van der Waals surface area (Å²) in [5, 5.41) is 0. The van der Waals surface area contributed by atoms with Crippen molar-refractivity contribution in [3.8, 4) is 5.88 Å². The third-order valence-electron chi connectivity index (χ3n) is 6.12. The average molecular weight is 532 g/mol. The van der Waals surface area contributed by atoms with Crippen LogP contribution in [0.3, 0.4) is 0 Å². The van der Waals surface area contributed by atoms with Gasteiger partial charge in [0.25, 0.3) is 5.56 Å². The van der Waals surface area contributed by atoms with Crippen molar-refractivity contribution < 1.29 is 22.7 Å². The largest absolute Gasteiger partial charge is 0.444 e. The van der Waals surface area contributed by atoms with E-state index < -0.39 is 16.7 Å². The lowest BCUT2D eigenvalue weighted by Gasteiger charge is -2.44. The molecule has 5 rings (SSSR count). The van der Waals surface area contributed by atoms with Gasteiger partial charge in [0.2, 0.25) is 17.0 Å². The fraction of sp³-hybridized carbons (Fsp3) is 0.480. The molecule has 0 aliphatic carbocycles. The molecule has 1 unspecified atom stereocenters. The number of benzene rings is 1. The van der Waals surface area contributed by atoms with E-state index in [1.165, 1.54) is 21.8 Å². The van der Waals surface area contributed by atoms with Crippen LogP contribution in [0.25, 0.3) is 4.96 Å². The fourth-order valence-corrected chi connectivity index (χ4v) is 6.33. The summed E-state index contributed by atoms with van der Waals surface area (Å²) in [4.78, 5) is 33.5. The number of hydrogen-bond donors (Lipinski definition) is 0. The molecular formula is C25H29N3O6S2. The van der Waals surface area contributed by atoms with E-state index >= 15 is 0 Å². The van der Waals surface area contributed by atoms with Gasteiger partial charge in [-0.25, -0.2) is 9.00 Å². The minimum absolute atomic E-state index is 0.0316. The smallest absolute Gasteiger partial charge is 0.410 e. The average Bonchev–Trinajstić information content (AvgIpc) is 3.22. The van der Waals surface area contributed by atoms with Gasteiger partial charge in [-0.1, -0.05) is 17.7 Å². The summed E-state index contributed by atoms with van der Waals surface area (Å²) < 4.78 is 31.2. The Morgan fingerprint density at radius 3 is 2.47 bits per heavy atom. The highest BCUT2D eigenvalue weighted by Crippen LogP contribution is 2.39. The van der Waals surface area contributed by atoms with Crippen LogP contribution in [0.4, 0.5) is 4.79 Å². The zero-order valence-corrected chi connectivity index (χ0v) is 22.3. The number of hydrogen-bond acceptors (Lipinski definition) is 8. The molecule has 2 fully saturated rings. The monoisotopic (exact) mass is 531 g/mol. The molecule has 1 aromatic carbocycles. The maximum absolute atomic E-state index is 12.8. The van der Waals surface area contributed by atoms with E-state index in [4.69, 9.17) is 13.7 Å². The van der Waals surface area contributed by atoms with E-state index in [0.717, 1.165) is 23.3 Å². The first-order valence-electron chi connectivity index (χ1n) is 11.9. The summed E-state index contributed by atoms with van der Waals surface area (Å²) in [6.45, 7) is 8.48. The van der Waals surface area contributed by atoms with E-state index in [9.17, 15) is 13.8 Å². The van der Waals surface area contributed by atoms with Crippen LogP contribution in [-0.2, 0) is 20.6 Å². The number of rotatable bonds is 4. The number of aromatic nitrogens is 2. The molecule has 11 heteroatoms. The van der Waals surface area contributed by atoms with Gasteiger partial charge in [-0.05, 0) is 58.6 Å². The predicted molar refractivity (Wildman–Crippen MR) is 136 cm³/mol. The minimum Gasteiger partial charge on any atom is -0.444 e. The molecule has 0 radical (unpaired) electrons. The van der Waals surface area contributed by atoms with Crippen LogP contribution in [0.15, 0.2) is 46.2 Å². The molecule has 9 nitrogen and oxygen atoms in total. The molecule has 2 aliphatic heterocycles. The Bertz CT molecular complexity index is 1350. The van der Waals surface area contributed by atoms with Crippen LogP contribution < -0.4 is 9.74 Å². The highest BCUT2D eigenvalue weighted by atomic mass is 32.2. The third kappa shape index (κ3) is 5.47. The molecule has 4 heterocycles. The van der Waals surface area contributed by atoms with E-state index in [2.05, 4.69) is 4.98 Å². The molecule has 0 N–H and O–H groups in total. The molecule has 2 saturated heterocycles. The molecule has 0 saturated carbocycles. The number of amides is 1. The van der Waals surface area contributed by atoms with Crippen molar-refractivity contribution >= 4 is 33.5 Å². The second-order valence-corrected chi connectivity index (χ2v) is 12.4. The molecule has 1 amide bonds. The molecule has 0 spiro atoms. The van der Waals surface area contributed by atoms with Crippen LogP contribution >= 0.6 is 11.3 Å². The molecule has 3 aromatic rings. The molecule has 36 heavy (non-hydrogen) atoms. The molecule has 2 aliphatic rings. The molecular weight excluding hydrogens is 502 g/mol. The van der Waals surface area contributed by atoms with E-state index in [1.54, 1.807) is 17.0 Å². The summed E-state index contributed by atoms with van der Waals surface area (Å²) in [5.74, 6) is 0.218. The van der Waals surface area contributed by atoms with Gasteiger partial charge in [-0.2, -0.15) is 4.98 Å². The van der Waals surface area contributed by atoms with Crippen LogP contribution in [0, 0.1) is 6.92 Å². The second-order valence-electron chi connectivity index (χ2n) is 10.3. The van der Waals surface area contributed by atoms with Crippen molar-refractivity contribution in [3.63, 3.8) is 0 Å². The lowest BCUT2D eigenvalue weighted by Crippen LogP contribution is -2.54.